The predicted molar refractivity (Wildman–Crippen MR) is 130 cm³/mol. The van der Waals surface area contributed by atoms with E-state index in [2.05, 4.69) is 13.8 Å². The molecule has 1 heteroatoms. The van der Waals surface area contributed by atoms with E-state index in [4.69, 9.17) is 12.6 Å². The first kappa shape index (κ1) is 27.4. The highest BCUT2D eigenvalue weighted by Crippen LogP contribution is 2.18. The van der Waals surface area contributed by atoms with Gasteiger partial charge in [-0.2, -0.15) is 12.6 Å². The van der Waals surface area contributed by atoms with Crippen LogP contribution in [0.2, 0.25) is 0 Å². The van der Waals surface area contributed by atoms with E-state index < -0.39 is 0 Å². The zero-order chi connectivity index (χ0) is 19.8. The third-order valence-electron chi connectivity index (χ3n) is 6.03. The van der Waals surface area contributed by atoms with Gasteiger partial charge in [0.1, 0.15) is 0 Å². The first-order valence-corrected chi connectivity index (χ1v) is 13.5. The lowest BCUT2D eigenvalue weighted by Gasteiger charge is -2.10. The Labute approximate surface area is 179 Å². The van der Waals surface area contributed by atoms with Crippen LogP contribution in [-0.2, 0) is 0 Å². The summed E-state index contributed by atoms with van der Waals surface area (Å²) >= 11 is 4.82. The van der Waals surface area contributed by atoms with Crippen LogP contribution in [0.5, 0.6) is 0 Å². The quantitative estimate of drug-likeness (QED) is 0.128. The van der Waals surface area contributed by atoms with E-state index in [1.165, 1.54) is 148 Å². The number of hydrogen-bond acceptors (Lipinski definition) is 1. The van der Waals surface area contributed by atoms with Crippen molar-refractivity contribution in [3.05, 3.63) is 0 Å². The van der Waals surface area contributed by atoms with Gasteiger partial charge in [0.15, 0.2) is 0 Å². The Bertz CT molecular complexity index is 251. The molecule has 0 aliphatic rings. The summed E-state index contributed by atoms with van der Waals surface area (Å²) in [7, 11) is 0. The molecule has 0 rings (SSSR count). The van der Waals surface area contributed by atoms with Crippen molar-refractivity contribution in [3.8, 4) is 0 Å². The molecule has 0 spiro atoms. The molecule has 0 saturated carbocycles. The summed E-state index contributed by atoms with van der Waals surface area (Å²) in [5.74, 6) is 0. The van der Waals surface area contributed by atoms with Crippen molar-refractivity contribution in [2.75, 3.05) is 0 Å². The molecule has 0 aliphatic heterocycles. The smallest absolute Gasteiger partial charge is 0.00168 e. The third-order valence-corrected chi connectivity index (χ3v) is 6.55. The third kappa shape index (κ3) is 24.3. The number of hydrogen-bond donors (Lipinski definition) is 1. The second-order valence-corrected chi connectivity index (χ2v) is 9.68. The normalized spacial score (nSPS) is 12.6. The fraction of sp³-hybridized carbons (Fsp3) is 1.00. The van der Waals surface area contributed by atoms with Crippen molar-refractivity contribution in [3.63, 3.8) is 0 Å². The van der Waals surface area contributed by atoms with Crippen LogP contribution in [0.4, 0.5) is 0 Å². The molecule has 0 nitrogen and oxygen atoms in total. The van der Waals surface area contributed by atoms with Gasteiger partial charge in [0.2, 0.25) is 0 Å². The van der Waals surface area contributed by atoms with Crippen LogP contribution in [0.3, 0.4) is 0 Å². The van der Waals surface area contributed by atoms with Crippen LogP contribution >= 0.6 is 12.6 Å². The summed E-state index contributed by atoms with van der Waals surface area (Å²) < 4.78 is 0. The highest BCUT2D eigenvalue weighted by Gasteiger charge is 2.03. The van der Waals surface area contributed by atoms with Gasteiger partial charge in [0.25, 0.3) is 0 Å². The molecule has 0 radical (unpaired) electrons. The largest absolute Gasteiger partial charge is 0.176 e. The average molecular weight is 399 g/mol. The Morgan fingerprint density at radius 3 is 0.852 bits per heavy atom. The molecule has 0 heterocycles. The molecule has 0 aliphatic carbocycles. The topological polar surface area (TPSA) is 0 Å². The van der Waals surface area contributed by atoms with Gasteiger partial charge in [-0.15, -0.1) is 0 Å². The maximum atomic E-state index is 4.82. The average Bonchev–Trinajstić information content (AvgIpc) is 2.67. The van der Waals surface area contributed by atoms with Crippen molar-refractivity contribution >= 4 is 12.6 Å². The van der Waals surface area contributed by atoms with Crippen LogP contribution in [0.1, 0.15) is 162 Å². The maximum absolute atomic E-state index is 4.82. The molecule has 0 N–H and O–H groups in total. The Balaban J connectivity index is 3.12. The van der Waals surface area contributed by atoms with Crippen LogP contribution in [0.15, 0.2) is 0 Å². The summed E-state index contributed by atoms with van der Waals surface area (Å²) in [6.45, 7) is 4.60. The number of thiol groups is 1. The van der Waals surface area contributed by atoms with E-state index in [1.807, 2.05) is 0 Å². The van der Waals surface area contributed by atoms with E-state index in [0.717, 1.165) is 0 Å². The van der Waals surface area contributed by atoms with Crippen LogP contribution in [0.25, 0.3) is 0 Å². The summed E-state index contributed by atoms with van der Waals surface area (Å²) in [4.78, 5) is 0. The zero-order valence-electron chi connectivity index (χ0n) is 19.3. The standard InChI is InChI=1S/C26H54S/c1-3-5-7-9-11-13-14-15-17-19-21-23-25-26(27)24-22-20-18-16-12-10-8-6-4-2/h26-27H,3-25H2,1-2H3. The van der Waals surface area contributed by atoms with Gasteiger partial charge in [-0.3, -0.25) is 0 Å². The van der Waals surface area contributed by atoms with Gasteiger partial charge in [-0.1, -0.05) is 149 Å². The lowest BCUT2D eigenvalue weighted by Crippen LogP contribution is -1.98. The molecular formula is C26H54S. The number of rotatable bonds is 23. The summed E-state index contributed by atoms with van der Waals surface area (Å²) in [5, 5.41) is 0.665. The highest BCUT2D eigenvalue weighted by atomic mass is 32.1. The second-order valence-electron chi connectivity index (χ2n) is 8.95. The zero-order valence-corrected chi connectivity index (χ0v) is 20.2. The first-order chi connectivity index (χ1) is 13.3. The van der Waals surface area contributed by atoms with Crippen molar-refractivity contribution in [1.82, 2.24) is 0 Å². The Kier molecular flexibility index (Phi) is 24.7. The van der Waals surface area contributed by atoms with Gasteiger partial charge in [-0.25, -0.2) is 0 Å². The molecule has 27 heavy (non-hydrogen) atoms. The van der Waals surface area contributed by atoms with Crippen LogP contribution in [0, 0.1) is 0 Å². The molecule has 1 atom stereocenters. The van der Waals surface area contributed by atoms with Gasteiger partial charge in [0.05, 0.1) is 0 Å². The molecule has 0 aromatic rings. The van der Waals surface area contributed by atoms with Gasteiger partial charge in [0, 0.05) is 5.25 Å². The second kappa shape index (κ2) is 24.4. The van der Waals surface area contributed by atoms with Crippen molar-refractivity contribution in [2.45, 2.75) is 167 Å². The molecular weight excluding hydrogens is 344 g/mol. The predicted octanol–water partition coefficient (Wildman–Crippen LogP) is 10.3. The van der Waals surface area contributed by atoms with Crippen LogP contribution < -0.4 is 0 Å². The fourth-order valence-electron chi connectivity index (χ4n) is 4.06. The molecule has 0 fully saturated rings. The number of unbranched alkanes of at least 4 members (excludes halogenated alkanes) is 19. The van der Waals surface area contributed by atoms with E-state index in [1.54, 1.807) is 0 Å². The summed E-state index contributed by atoms with van der Waals surface area (Å²) in [6, 6.07) is 0. The molecule has 164 valence electrons. The van der Waals surface area contributed by atoms with Gasteiger partial charge >= 0.3 is 0 Å². The van der Waals surface area contributed by atoms with Crippen molar-refractivity contribution < 1.29 is 0 Å². The minimum atomic E-state index is 0.665. The minimum Gasteiger partial charge on any atom is -0.176 e. The molecule has 0 saturated heterocycles. The Morgan fingerprint density at radius 2 is 0.593 bits per heavy atom. The maximum Gasteiger partial charge on any atom is 0.00168 e. The van der Waals surface area contributed by atoms with E-state index in [9.17, 15) is 0 Å². The summed E-state index contributed by atoms with van der Waals surface area (Å²) in [5.41, 5.74) is 0. The van der Waals surface area contributed by atoms with E-state index in [0.29, 0.717) is 5.25 Å². The molecule has 0 aromatic heterocycles. The van der Waals surface area contributed by atoms with E-state index in [-0.39, 0.29) is 0 Å². The lowest BCUT2D eigenvalue weighted by atomic mass is 10.0. The Hall–Kier alpha value is 0.350. The highest BCUT2D eigenvalue weighted by molar-refractivity contribution is 7.80. The molecule has 0 aromatic carbocycles. The first-order valence-electron chi connectivity index (χ1n) is 13.0. The van der Waals surface area contributed by atoms with Gasteiger partial charge in [-0.05, 0) is 12.8 Å². The minimum absolute atomic E-state index is 0.665. The molecule has 0 amide bonds. The van der Waals surface area contributed by atoms with Gasteiger partial charge < -0.3 is 0 Å². The van der Waals surface area contributed by atoms with Crippen molar-refractivity contribution in [2.24, 2.45) is 0 Å². The lowest BCUT2D eigenvalue weighted by molar-refractivity contribution is 0.523. The molecule has 0 bridgehead atoms. The SMILES string of the molecule is CCCCCCCCCCCCCCC(S)CCCCCCCCCCC. The van der Waals surface area contributed by atoms with Crippen molar-refractivity contribution in [1.29, 1.82) is 0 Å². The monoisotopic (exact) mass is 398 g/mol. The summed E-state index contributed by atoms with van der Waals surface area (Å²) in [6.07, 6.45) is 33.0. The Morgan fingerprint density at radius 1 is 0.370 bits per heavy atom. The molecule has 1 unspecified atom stereocenters. The fourth-order valence-corrected chi connectivity index (χ4v) is 4.42. The van der Waals surface area contributed by atoms with E-state index >= 15 is 0 Å². The van der Waals surface area contributed by atoms with Crippen LogP contribution in [-0.4, -0.2) is 5.25 Å².